The van der Waals surface area contributed by atoms with Crippen molar-refractivity contribution in [2.75, 3.05) is 0 Å². The summed E-state index contributed by atoms with van der Waals surface area (Å²) >= 11 is 0. The molecule has 0 amide bonds. The van der Waals surface area contributed by atoms with Crippen LogP contribution in [0, 0.1) is 0 Å². The monoisotopic (exact) mass is 607 g/mol. The Bertz CT molecular complexity index is 2950. The number of aromatic nitrogens is 1. The molecule has 0 atom stereocenters. The van der Waals surface area contributed by atoms with Crippen molar-refractivity contribution in [3.63, 3.8) is 0 Å². The lowest BCUT2D eigenvalue weighted by Gasteiger charge is -2.05. The summed E-state index contributed by atoms with van der Waals surface area (Å²) in [6.45, 7) is 8.00. The van der Waals surface area contributed by atoms with E-state index in [0.29, 0.717) is 0 Å². The molecule has 0 aliphatic rings. The fourth-order valence-corrected chi connectivity index (χ4v) is 7.59. The number of hydrogen-bond acceptors (Lipinski definition) is 2. The summed E-state index contributed by atoms with van der Waals surface area (Å²) in [5, 5.41) is 12.1. The summed E-state index contributed by atoms with van der Waals surface area (Å²) in [5.41, 5.74) is 9.70. The minimum absolute atomic E-state index is 0.922. The zero-order valence-corrected chi connectivity index (χ0v) is 26.9. The fourth-order valence-electron chi connectivity index (χ4n) is 7.59. The maximum atomic E-state index is 6.40. The summed E-state index contributed by atoms with van der Waals surface area (Å²) in [6, 6.07) is 45.8. The number of para-hydroxylation sites is 4. The molecule has 7 aromatic carbocycles. The van der Waals surface area contributed by atoms with Crippen molar-refractivity contribution in [2.24, 2.45) is 0 Å². The van der Waals surface area contributed by atoms with Crippen molar-refractivity contribution >= 4 is 92.7 Å². The van der Waals surface area contributed by atoms with Crippen molar-refractivity contribution in [1.82, 2.24) is 4.40 Å². The second-order valence-electron chi connectivity index (χ2n) is 11.7. The third kappa shape index (κ3) is 3.74. The van der Waals surface area contributed by atoms with Crippen molar-refractivity contribution in [3.05, 3.63) is 127 Å². The Kier molecular flexibility index (Phi) is 6.07. The van der Waals surface area contributed by atoms with Crippen LogP contribution in [0.25, 0.3) is 104 Å². The standard InChI is InChI=1S/C40H21NO2.2C2H6/c1-4-14-37-26(7-1)30-12-5-9-25(40(30)43-37)22-15-16-34-31(17-22)28-10-6-11-29-32-18-23-19-33-27-8-2-3-13-36(27)42-38(33)21-24(23)20-35(32)41(34)39(28)29;2*1-2/h1-21H;2*1-2H3. The fraction of sp³-hybridized carbons (Fsp3) is 0.0909. The maximum Gasteiger partial charge on any atom is 0.143 e. The molecule has 3 nitrogen and oxygen atoms in total. The van der Waals surface area contributed by atoms with Crippen LogP contribution in [0.3, 0.4) is 0 Å². The first kappa shape index (κ1) is 27.5. The van der Waals surface area contributed by atoms with Gasteiger partial charge in [-0.05, 0) is 64.9 Å². The van der Waals surface area contributed by atoms with Gasteiger partial charge in [0.25, 0.3) is 0 Å². The van der Waals surface area contributed by atoms with E-state index in [-0.39, 0.29) is 0 Å². The Hall–Kier alpha value is -5.80. The average molecular weight is 608 g/mol. The van der Waals surface area contributed by atoms with E-state index >= 15 is 0 Å². The van der Waals surface area contributed by atoms with Gasteiger partial charge in [0.1, 0.15) is 22.3 Å². The highest BCUT2D eigenvalue weighted by Crippen LogP contribution is 2.43. The van der Waals surface area contributed by atoms with E-state index in [2.05, 4.69) is 108 Å². The SMILES string of the molecule is CC.CC.c1ccc2c(c1)oc1cc3cc4c(cc3cc12)c1cccc2c3cc(-c5cccc6c5oc5ccccc56)ccc3n4c21. The van der Waals surface area contributed by atoms with E-state index in [1.165, 1.54) is 48.9 Å². The number of nitrogens with zero attached hydrogens (tertiary/aromatic N) is 1. The average Bonchev–Trinajstić information content (AvgIpc) is 3.88. The zero-order chi connectivity index (χ0) is 31.8. The molecule has 0 saturated carbocycles. The molecule has 226 valence electrons. The molecule has 4 heterocycles. The first-order chi connectivity index (χ1) is 23.3. The van der Waals surface area contributed by atoms with Gasteiger partial charge >= 0.3 is 0 Å². The summed E-state index contributed by atoms with van der Waals surface area (Å²) in [6.07, 6.45) is 0. The second-order valence-corrected chi connectivity index (χ2v) is 11.7. The molecule has 0 aliphatic carbocycles. The third-order valence-electron chi connectivity index (χ3n) is 9.48. The summed E-state index contributed by atoms with van der Waals surface area (Å²) < 4.78 is 15.1. The highest BCUT2D eigenvalue weighted by molar-refractivity contribution is 6.25. The Labute approximate surface area is 271 Å². The molecule has 0 spiro atoms. The van der Waals surface area contributed by atoms with Crippen LogP contribution in [0.5, 0.6) is 0 Å². The number of rotatable bonds is 1. The van der Waals surface area contributed by atoms with Crippen LogP contribution in [0.1, 0.15) is 27.7 Å². The van der Waals surface area contributed by atoms with Gasteiger partial charge in [-0.3, -0.25) is 0 Å². The normalized spacial score (nSPS) is 11.8. The summed E-state index contributed by atoms with van der Waals surface area (Å²) in [5.74, 6) is 0. The molecule has 0 fully saturated rings. The first-order valence-electron chi connectivity index (χ1n) is 16.7. The number of benzene rings is 7. The Morgan fingerprint density at radius 2 is 1.00 bits per heavy atom. The van der Waals surface area contributed by atoms with Crippen LogP contribution in [0.2, 0.25) is 0 Å². The molecular weight excluding hydrogens is 574 g/mol. The molecule has 47 heavy (non-hydrogen) atoms. The number of hydrogen-bond donors (Lipinski definition) is 0. The topological polar surface area (TPSA) is 30.7 Å². The van der Waals surface area contributed by atoms with Crippen molar-refractivity contribution in [3.8, 4) is 11.1 Å². The molecule has 4 aromatic heterocycles. The van der Waals surface area contributed by atoms with Crippen LogP contribution < -0.4 is 0 Å². The predicted octanol–water partition coefficient (Wildman–Crippen LogP) is 13.5. The van der Waals surface area contributed by atoms with E-state index < -0.39 is 0 Å². The van der Waals surface area contributed by atoms with E-state index in [1.807, 2.05) is 52.0 Å². The molecule has 0 N–H and O–H groups in total. The molecule has 3 heteroatoms. The summed E-state index contributed by atoms with van der Waals surface area (Å²) in [7, 11) is 0. The third-order valence-corrected chi connectivity index (χ3v) is 9.48. The van der Waals surface area contributed by atoms with Crippen LogP contribution in [0.15, 0.2) is 136 Å². The molecular formula is C44H33NO2. The van der Waals surface area contributed by atoms with Crippen molar-refractivity contribution in [2.45, 2.75) is 27.7 Å². The molecule has 11 rings (SSSR count). The lowest BCUT2D eigenvalue weighted by atomic mass is 9.99. The minimum atomic E-state index is 0.922. The lowest BCUT2D eigenvalue weighted by molar-refractivity contribution is 0.669. The lowest BCUT2D eigenvalue weighted by Crippen LogP contribution is -1.83. The number of fused-ring (bicyclic) bond motifs is 13. The van der Waals surface area contributed by atoms with Crippen molar-refractivity contribution in [1.29, 1.82) is 0 Å². The van der Waals surface area contributed by atoms with Crippen LogP contribution in [-0.4, -0.2) is 4.40 Å². The summed E-state index contributed by atoms with van der Waals surface area (Å²) in [4.78, 5) is 0. The molecule has 0 saturated heterocycles. The minimum Gasteiger partial charge on any atom is -0.456 e. The quantitative estimate of drug-likeness (QED) is 0.186. The Morgan fingerprint density at radius 3 is 1.79 bits per heavy atom. The molecule has 0 bridgehead atoms. The van der Waals surface area contributed by atoms with E-state index in [1.54, 1.807) is 0 Å². The van der Waals surface area contributed by atoms with Crippen LogP contribution in [0.4, 0.5) is 0 Å². The van der Waals surface area contributed by atoms with Gasteiger partial charge in [0.05, 0.1) is 16.6 Å². The van der Waals surface area contributed by atoms with Crippen LogP contribution >= 0.6 is 0 Å². The molecule has 0 radical (unpaired) electrons. The largest absolute Gasteiger partial charge is 0.456 e. The van der Waals surface area contributed by atoms with E-state index in [4.69, 9.17) is 8.83 Å². The molecule has 0 unspecified atom stereocenters. The predicted molar refractivity (Wildman–Crippen MR) is 201 cm³/mol. The van der Waals surface area contributed by atoms with Gasteiger partial charge in [0.2, 0.25) is 0 Å². The van der Waals surface area contributed by atoms with Crippen molar-refractivity contribution < 1.29 is 8.83 Å². The van der Waals surface area contributed by atoms with E-state index in [9.17, 15) is 0 Å². The van der Waals surface area contributed by atoms with Gasteiger partial charge in [-0.2, -0.15) is 0 Å². The maximum absolute atomic E-state index is 6.40. The highest BCUT2D eigenvalue weighted by Gasteiger charge is 2.20. The van der Waals surface area contributed by atoms with Gasteiger partial charge in [-0.1, -0.05) is 107 Å². The zero-order valence-electron chi connectivity index (χ0n) is 26.9. The Balaban J connectivity index is 0.000000731. The molecule has 0 aliphatic heterocycles. The van der Waals surface area contributed by atoms with Gasteiger partial charge in [-0.15, -0.1) is 0 Å². The number of furan rings is 2. The van der Waals surface area contributed by atoms with Crippen LogP contribution in [-0.2, 0) is 0 Å². The smallest absolute Gasteiger partial charge is 0.143 e. The second kappa shape index (κ2) is 10.4. The van der Waals surface area contributed by atoms with Gasteiger partial charge in [0, 0.05) is 48.7 Å². The first-order valence-corrected chi connectivity index (χ1v) is 16.7. The van der Waals surface area contributed by atoms with Gasteiger partial charge < -0.3 is 13.2 Å². The Morgan fingerprint density at radius 1 is 0.404 bits per heavy atom. The van der Waals surface area contributed by atoms with E-state index in [0.717, 1.165) is 55.0 Å². The van der Waals surface area contributed by atoms with Gasteiger partial charge in [0.15, 0.2) is 0 Å². The highest BCUT2D eigenvalue weighted by atomic mass is 16.3. The molecule has 11 aromatic rings. The van der Waals surface area contributed by atoms with Gasteiger partial charge in [-0.25, -0.2) is 0 Å².